The molecule has 0 N–H and O–H groups in total. The number of nitrogens with zero attached hydrogens (tertiary/aromatic N) is 1. The number of allylic oxidation sites excluding steroid dienone is 1. The van der Waals surface area contributed by atoms with Crippen LogP contribution in [0.3, 0.4) is 0 Å². The van der Waals surface area contributed by atoms with E-state index in [9.17, 15) is 14.0 Å². The molecule has 0 saturated heterocycles. The van der Waals surface area contributed by atoms with Gasteiger partial charge in [-0.15, -0.1) is 0 Å². The van der Waals surface area contributed by atoms with Gasteiger partial charge in [0, 0.05) is 17.7 Å². The van der Waals surface area contributed by atoms with E-state index in [2.05, 4.69) is 6.92 Å². The van der Waals surface area contributed by atoms with Crippen LogP contribution in [0.5, 0.6) is 0 Å². The van der Waals surface area contributed by atoms with Gasteiger partial charge >= 0.3 is 0 Å². The number of ketones is 2. The molecule has 166 valence electrons. The van der Waals surface area contributed by atoms with E-state index in [4.69, 9.17) is 11.6 Å². The smallest absolute Gasteiger partial charge is 0.195 e. The highest BCUT2D eigenvalue weighted by Crippen LogP contribution is 2.38. The van der Waals surface area contributed by atoms with Gasteiger partial charge in [-0.05, 0) is 81.3 Å². The largest absolute Gasteiger partial charge is 0.330 e. The summed E-state index contributed by atoms with van der Waals surface area (Å²) in [5, 5.41) is 0.392. The van der Waals surface area contributed by atoms with Crippen molar-refractivity contribution in [2.45, 2.75) is 47.1 Å². The van der Waals surface area contributed by atoms with Crippen molar-refractivity contribution in [2.24, 2.45) is 0 Å². The molecule has 3 nitrogen and oxygen atoms in total. The van der Waals surface area contributed by atoms with Gasteiger partial charge in [-0.1, -0.05) is 42.1 Å². The minimum atomic E-state index is -0.356. The molecule has 0 spiro atoms. The fourth-order valence-corrected chi connectivity index (χ4v) is 4.20. The van der Waals surface area contributed by atoms with Crippen LogP contribution in [-0.4, -0.2) is 16.1 Å². The topological polar surface area (TPSA) is 39.1 Å². The van der Waals surface area contributed by atoms with Crippen LogP contribution < -0.4 is 0 Å². The Morgan fingerprint density at radius 2 is 1.69 bits per heavy atom. The van der Waals surface area contributed by atoms with Gasteiger partial charge in [0.25, 0.3) is 0 Å². The fraction of sp³-hybridized carbons (Fsp3) is 0.259. The Hall–Kier alpha value is -2.98. The molecule has 3 rings (SSSR count). The van der Waals surface area contributed by atoms with E-state index >= 15 is 0 Å². The third-order valence-electron chi connectivity index (χ3n) is 5.28. The summed E-state index contributed by atoms with van der Waals surface area (Å²) in [7, 11) is 0. The van der Waals surface area contributed by atoms with Crippen LogP contribution in [0.2, 0.25) is 5.15 Å². The zero-order chi connectivity index (χ0) is 23.4. The van der Waals surface area contributed by atoms with E-state index in [-0.39, 0.29) is 17.4 Å². The van der Waals surface area contributed by atoms with Gasteiger partial charge in [-0.3, -0.25) is 9.59 Å². The maximum atomic E-state index is 13.9. The lowest BCUT2D eigenvalue weighted by atomic mass is 9.94. The van der Waals surface area contributed by atoms with Crippen LogP contribution in [0.25, 0.3) is 17.3 Å². The molecule has 0 amide bonds. The molecule has 0 aliphatic carbocycles. The summed E-state index contributed by atoms with van der Waals surface area (Å²) in [4.78, 5) is 25.5. The summed E-state index contributed by atoms with van der Waals surface area (Å²) in [5.74, 6) is -0.683. The average Bonchev–Trinajstić information content (AvgIpc) is 3.01. The summed E-state index contributed by atoms with van der Waals surface area (Å²) < 4.78 is 15.6. The first kappa shape index (κ1) is 23.7. The first-order valence-electron chi connectivity index (χ1n) is 10.7. The molecular formula is C27H27ClFNO2. The van der Waals surface area contributed by atoms with Gasteiger partial charge in [-0.25, -0.2) is 4.39 Å². The molecule has 3 aromatic rings. The van der Waals surface area contributed by atoms with Crippen molar-refractivity contribution >= 4 is 29.2 Å². The lowest BCUT2D eigenvalue weighted by Gasteiger charge is -2.13. The van der Waals surface area contributed by atoms with Gasteiger partial charge in [0.15, 0.2) is 11.6 Å². The molecule has 0 radical (unpaired) electrons. The molecule has 0 bridgehead atoms. The second kappa shape index (κ2) is 10.1. The van der Waals surface area contributed by atoms with E-state index in [0.29, 0.717) is 39.6 Å². The Bertz CT molecular complexity index is 1170. The number of halogens is 2. The second-order valence-electron chi connectivity index (χ2n) is 8.09. The monoisotopic (exact) mass is 451 g/mol. The molecule has 1 heterocycles. The Kier molecular flexibility index (Phi) is 7.47. The van der Waals surface area contributed by atoms with Crippen molar-refractivity contribution in [2.75, 3.05) is 0 Å². The number of carbonyl (C=O) groups is 2. The van der Waals surface area contributed by atoms with Crippen molar-refractivity contribution in [3.05, 3.63) is 87.3 Å². The van der Waals surface area contributed by atoms with Crippen LogP contribution in [-0.2, 0) is 11.3 Å². The molecule has 0 aliphatic heterocycles. The third kappa shape index (κ3) is 5.08. The summed E-state index contributed by atoms with van der Waals surface area (Å²) in [5.41, 5.74) is 4.76. The highest BCUT2D eigenvalue weighted by atomic mass is 35.5. The Morgan fingerprint density at radius 1 is 1.06 bits per heavy atom. The Balaban J connectivity index is 2.35. The normalized spacial score (nSPS) is 11.3. The van der Waals surface area contributed by atoms with Crippen LogP contribution in [0.1, 0.15) is 59.3 Å². The van der Waals surface area contributed by atoms with Crippen LogP contribution in [0.15, 0.2) is 48.5 Å². The fourth-order valence-electron chi connectivity index (χ4n) is 3.88. The van der Waals surface area contributed by atoms with Gasteiger partial charge < -0.3 is 4.57 Å². The standard InChI is InChI=1S/C27H27ClFNO2/c1-5-6-13-30-25(20-8-10-22(29)11-9-20)24(23(27(30)28)12-7-19(4)31)26(32)21-15-17(2)14-18(3)16-21/h7-12,14-16H,5-6,13H2,1-4H3/b12-7+. The number of aryl methyl sites for hydroxylation is 2. The molecular weight excluding hydrogens is 425 g/mol. The summed E-state index contributed by atoms with van der Waals surface area (Å²) in [6.07, 6.45) is 4.82. The van der Waals surface area contributed by atoms with Crippen molar-refractivity contribution in [1.29, 1.82) is 0 Å². The Morgan fingerprint density at radius 3 is 2.25 bits per heavy atom. The predicted octanol–water partition coefficient (Wildman–Crippen LogP) is 7.20. The van der Waals surface area contributed by atoms with Crippen molar-refractivity contribution in [1.82, 2.24) is 4.57 Å². The minimum absolute atomic E-state index is 0.143. The minimum Gasteiger partial charge on any atom is -0.330 e. The maximum Gasteiger partial charge on any atom is 0.195 e. The number of carbonyl (C=O) groups excluding carboxylic acids is 2. The van der Waals surface area contributed by atoms with Crippen molar-refractivity contribution < 1.29 is 14.0 Å². The average molecular weight is 452 g/mol. The van der Waals surface area contributed by atoms with E-state index in [0.717, 1.165) is 24.0 Å². The van der Waals surface area contributed by atoms with E-state index in [1.54, 1.807) is 18.2 Å². The zero-order valence-corrected chi connectivity index (χ0v) is 19.6. The molecule has 0 aliphatic rings. The summed E-state index contributed by atoms with van der Waals surface area (Å²) >= 11 is 6.80. The quantitative estimate of drug-likeness (QED) is 0.268. The summed E-state index contributed by atoms with van der Waals surface area (Å²) in [6, 6.07) is 11.8. The van der Waals surface area contributed by atoms with Gasteiger partial charge in [0.2, 0.25) is 0 Å². The lowest BCUT2D eigenvalue weighted by Crippen LogP contribution is -2.07. The first-order valence-corrected chi connectivity index (χ1v) is 11.1. The van der Waals surface area contributed by atoms with Gasteiger partial charge in [0.05, 0.1) is 11.3 Å². The Labute approximate surface area is 193 Å². The number of unbranched alkanes of at least 4 members (excludes halogenated alkanes) is 1. The van der Waals surface area contributed by atoms with Crippen LogP contribution in [0.4, 0.5) is 4.39 Å². The highest BCUT2D eigenvalue weighted by Gasteiger charge is 2.27. The molecule has 0 unspecified atom stereocenters. The van der Waals surface area contributed by atoms with Crippen molar-refractivity contribution in [3.8, 4) is 11.3 Å². The van der Waals surface area contributed by atoms with E-state index < -0.39 is 0 Å². The molecule has 0 saturated carbocycles. The third-order valence-corrected chi connectivity index (χ3v) is 5.69. The van der Waals surface area contributed by atoms with Gasteiger partial charge in [0.1, 0.15) is 11.0 Å². The molecule has 1 aromatic heterocycles. The summed E-state index contributed by atoms with van der Waals surface area (Å²) in [6.45, 7) is 8.02. The first-order chi connectivity index (χ1) is 15.2. The highest BCUT2D eigenvalue weighted by molar-refractivity contribution is 6.33. The SMILES string of the molecule is CCCCn1c(Cl)c(/C=C/C(C)=O)c(C(=O)c2cc(C)cc(C)c2)c1-c1ccc(F)cc1. The molecule has 0 atom stereocenters. The van der Waals surface area contributed by atoms with Gasteiger partial charge in [-0.2, -0.15) is 0 Å². The molecule has 0 fully saturated rings. The second-order valence-corrected chi connectivity index (χ2v) is 8.45. The maximum absolute atomic E-state index is 13.9. The number of aromatic nitrogens is 1. The van der Waals surface area contributed by atoms with Crippen LogP contribution >= 0.6 is 11.6 Å². The van der Waals surface area contributed by atoms with Crippen LogP contribution in [0, 0.1) is 19.7 Å². The lowest BCUT2D eigenvalue weighted by molar-refractivity contribution is -0.112. The number of hydrogen-bond acceptors (Lipinski definition) is 2. The van der Waals surface area contributed by atoms with E-state index in [1.807, 2.05) is 36.6 Å². The zero-order valence-electron chi connectivity index (χ0n) is 18.8. The molecule has 32 heavy (non-hydrogen) atoms. The van der Waals surface area contributed by atoms with Crippen molar-refractivity contribution in [3.63, 3.8) is 0 Å². The number of hydrogen-bond donors (Lipinski definition) is 0. The molecule has 5 heteroatoms. The number of rotatable bonds is 8. The predicted molar refractivity (Wildman–Crippen MR) is 129 cm³/mol. The molecule has 2 aromatic carbocycles. The number of benzene rings is 2. The van der Waals surface area contributed by atoms with E-state index in [1.165, 1.54) is 25.1 Å².